The minimum absolute atomic E-state index is 0.134. The number of hydrogen-bond acceptors (Lipinski definition) is 2. The SMILES string of the molecule is CCC1(C(O)C(C)c2ccccn2)CCCC1. The van der Waals surface area contributed by atoms with Crippen molar-refractivity contribution >= 4 is 0 Å². The average molecular weight is 233 g/mol. The summed E-state index contributed by atoms with van der Waals surface area (Å²) in [5.41, 5.74) is 1.15. The normalized spacial score (nSPS) is 22.3. The summed E-state index contributed by atoms with van der Waals surface area (Å²) in [5, 5.41) is 10.7. The average Bonchev–Trinajstić information content (AvgIpc) is 2.88. The lowest BCUT2D eigenvalue weighted by molar-refractivity contribution is 0.00732. The first kappa shape index (κ1) is 12.6. The van der Waals surface area contributed by atoms with E-state index in [4.69, 9.17) is 0 Å². The van der Waals surface area contributed by atoms with Gasteiger partial charge in [0, 0.05) is 17.8 Å². The summed E-state index contributed by atoms with van der Waals surface area (Å²) in [4.78, 5) is 4.38. The first-order valence-electron chi connectivity index (χ1n) is 6.78. The van der Waals surface area contributed by atoms with Crippen LogP contribution in [0.15, 0.2) is 24.4 Å². The molecule has 1 aliphatic carbocycles. The van der Waals surface area contributed by atoms with E-state index in [1.165, 1.54) is 25.7 Å². The van der Waals surface area contributed by atoms with Gasteiger partial charge in [0.1, 0.15) is 0 Å². The molecule has 1 aromatic rings. The fourth-order valence-corrected chi connectivity index (χ4v) is 3.27. The molecule has 1 N–H and O–H groups in total. The number of pyridine rings is 1. The molecular weight excluding hydrogens is 210 g/mol. The topological polar surface area (TPSA) is 33.1 Å². The number of hydrogen-bond donors (Lipinski definition) is 1. The zero-order chi connectivity index (χ0) is 12.3. The molecule has 0 aliphatic heterocycles. The van der Waals surface area contributed by atoms with Gasteiger partial charge in [-0.1, -0.05) is 32.8 Å². The highest BCUT2D eigenvalue weighted by Gasteiger charge is 2.41. The van der Waals surface area contributed by atoms with Crippen molar-refractivity contribution in [1.29, 1.82) is 0 Å². The van der Waals surface area contributed by atoms with E-state index >= 15 is 0 Å². The molecule has 1 fully saturated rings. The van der Waals surface area contributed by atoms with Crippen LogP contribution in [0.3, 0.4) is 0 Å². The maximum atomic E-state index is 10.7. The summed E-state index contributed by atoms with van der Waals surface area (Å²) in [7, 11) is 0. The second-order valence-corrected chi connectivity index (χ2v) is 5.41. The lowest BCUT2D eigenvalue weighted by Crippen LogP contribution is -2.36. The van der Waals surface area contributed by atoms with E-state index in [9.17, 15) is 5.11 Å². The zero-order valence-corrected chi connectivity index (χ0v) is 10.9. The van der Waals surface area contributed by atoms with Crippen molar-refractivity contribution in [3.05, 3.63) is 30.1 Å². The highest BCUT2D eigenvalue weighted by atomic mass is 16.3. The standard InChI is InChI=1S/C15H23NO/c1-3-15(9-5-6-10-15)14(17)12(2)13-8-4-7-11-16-13/h4,7-8,11-12,14,17H,3,5-6,9-10H2,1-2H3. The largest absolute Gasteiger partial charge is 0.392 e. The van der Waals surface area contributed by atoms with Crippen LogP contribution < -0.4 is 0 Å². The molecule has 0 bridgehead atoms. The van der Waals surface area contributed by atoms with Crippen LogP contribution >= 0.6 is 0 Å². The van der Waals surface area contributed by atoms with Crippen LogP contribution in [0.2, 0.25) is 0 Å². The van der Waals surface area contributed by atoms with Gasteiger partial charge in [-0.3, -0.25) is 4.98 Å². The van der Waals surface area contributed by atoms with E-state index in [0.29, 0.717) is 0 Å². The Hall–Kier alpha value is -0.890. The molecule has 2 unspecified atom stereocenters. The van der Waals surface area contributed by atoms with Gasteiger partial charge in [-0.15, -0.1) is 0 Å². The third-order valence-corrected chi connectivity index (χ3v) is 4.56. The van der Waals surface area contributed by atoms with Gasteiger partial charge < -0.3 is 5.11 Å². The molecule has 2 nitrogen and oxygen atoms in total. The third kappa shape index (κ3) is 2.37. The summed E-state index contributed by atoms with van der Waals surface area (Å²) in [5.74, 6) is 0.134. The molecule has 0 saturated heterocycles. The Kier molecular flexibility index (Phi) is 3.82. The van der Waals surface area contributed by atoms with Gasteiger partial charge in [0.05, 0.1) is 6.10 Å². The second-order valence-electron chi connectivity index (χ2n) is 5.41. The molecule has 2 atom stereocenters. The molecule has 1 heterocycles. The second kappa shape index (κ2) is 5.18. The van der Waals surface area contributed by atoms with Crippen LogP contribution in [0.4, 0.5) is 0 Å². The van der Waals surface area contributed by atoms with E-state index in [1.807, 2.05) is 24.4 Å². The van der Waals surface area contributed by atoms with Gasteiger partial charge in [-0.25, -0.2) is 0 Å². The minimum atomic E-state index is -0.259. The number of aliphatic hydroxyl groups is 1. The number of nitrogens with zero attached hydrogens (tertiary/aromatic N) is 1. The number of aromatic nitrogens is 1. The smallest absolute Gasteiger partial charge is 0.0677 e. The molecule has 1 aliphatic rings. The van der Waals surface area contributed by atoms with Crippen LogP contribution in [0, 0.1) is 5.41 Å². The lowest BCUT2D eigenvalue weighted by atomic mass is 9.72. The van der Waals surface area contributed by atoms with Gasteiger partial charge in [0.15, 0.2) is 0 Å². The van der Waals surface area contributed by atoms with Gasteiger partial charge >= 0.3 is 0 Å². The molecule has 17 heavy (non-hydrogen) atoms. The predicted molar refractivity (Wildman–Crippen MR) is 69.9 cm³/mol. The maximum Gasteiger partial charge on any atom is 0.0677 e. The summed E-state index contributed by atoms with van der Waals surface area (Å²) >= 11 is 0. The molecule has 94 valence electrons. The Balaban J connectivity index is 2.16. The first-order valence-corrected chi connectivity index (χ1v) is 6.78. The lowest BCUT2D eigenvalue weighted by Gasteiger charge is -2.36. The van der Waals surface area contributed by atoms with Crippen LogP contribution in [0.5, 0.6) is 0 Å². The van der Waals surface area contributed by atoms with Gasteiger partial charge in [-0.05, 0) is 36.8 Å². The molecule has 1 saturated carbocycles. The van der Waals surface area contributed by atoms with Gasteiger partial charge in [-0.2, -0.15) is 0 Å². The quantitative estimate of drug-likeness (QED) is 0.863. The summed E-state index contributed by atoms with van der Waals surface area (Å²) in [6.07, 6.45) is 7.49. The molecule has 0 radical (unpaired) electrons. The van der Waals surface area contributed by atoms with Crippen LogP contribution in [-0.2, 0) is 0 Å². The Morgan fingerprint density at radius 2 is 2.06 bits per heavy atom. The van der Waals surface area contributed by atoms with Crippen molar-refractivity contribution in [3.63, 3.8) is 0 Å². The molecule has 0 spiro atoms. The van der Waals surface area contributed by atoms with Crippen molar-refractivity contribution in [3.8, 4) is 0 Å². The monoisotopic (exact) mass is 233 g/mol. The predicted octanol–water partition coefficient (Wildman–Crippen LogP) is 3.52. The fraction of sp³-hybridized carbons (Fsp3) is 0.667. The molecule has 2 heteroatoms. The Labute approximate surface area is 104 Å². The van der Waals surface area contributed by atoms with Crippen molar-refractivity contribution in [2.24, 2.45) is 5.41 Å². The van der Waals surface area contributed by atoms with Crippen LogP contribution in [-0.4, -0.2) is 16.2 Å². The summed E-state index contributed by atoms with van der Waals surface area (Å²) < 4.78 is 0. The van der Waals surface area contributed by atoms with Crippen molar-refractivity contribution in [1.82, 2.24) is 4.98 Å². The Morgan fingerprint density at radius 3 is 2.59 bits per heavy atom. The molecule has 0 amide bonds. The Bertz CT molecular complexity index is 343. The zero-order valence-electron chi connectivity index (χ0n) is 10.9. The van der Waals surface area contributed by atoms with E-state index in [1.54, 1.807) is 0 Å². The highest BCUT2D eigenvalue weighted by Crippen LogP contribution is 2.47. The minimum Gasteiger partial charge on any atom is -0.392 e. The fourth-order valence-electron chi connectivity index (χ4n) is 3.27. The van der Waals surface area contributed by atoms with Gasteiger partial charge in [0.25, 0.3) is 0 Å². The Morgan fingerprint density at radius 1 is 1.35 bits per heavy atom. The third-order valence-electron chi connectivity index (χ3n) is 4.56. The van der Waals surface area contributed by atoms with Crippen molar-refractivity contribution < 1.29 is 5.11 Å². The maximum absolute atomic E-state index is 10.7. The molecule has 0 aromatic carbocycles. The first-order chi connectivity index (χ1) is 8.19. The molecular formula is C15H23NO. The summed E-state index contributed by atoms with van der Waals surface area (Å²) in [6, 6.07) is 5.94. The number of rotatable bonds is 4. The van der Waals surface area contributed by atoms with E-state index in [-0.39, 0.29) is 17.4 Å². The molecule has 2 rings (SSSR count). The van der Waals surface area contributed by atoms with E-state index in [0.717, 1.165) is 12.1 Å². The highest BCUT2D eigenvalue weighted by molar-refractivity contribution is 5.12. The summed E-state index contributed by atoms with van der Waals surface area (Å²) in [6.45, 7) is 4.31. The number of aliphatic hydroxyl groups excluding tert-OH is 1. The van der Waals surface area contributed by atoms with E-state index < -0.39 is 0 Å². The van der Waals surface area contributed by atoms with Crippen LogP contribution in [0.25, 0.3) is 0 Å². The van der Waals surface area contributed by atoms with Crippen molar-refractivity contribution in [2.45, 2.75) is 58.0 Å². The molecule has 1 aromatic heterocycles. The van der Waals surface area contributed by atoms with Crippen molar-refractivity contribution in [2.75, 3.05) is 0 Å². The van der Waals surface area contributed by atoms with E-state index in [2.05, 4.69) is 18.8 Å². The van der Waals surface area contributed by atoms with Gasteiger partial charge in [0.2, 0.25) is 0 Å². The van der Waals surface area contributed by atoms with Crippen LogP contribution in [0.1, 0.15) is 57.6 Å².